The van der Waals surface area contributed by atoms with Crippen LogP contribution in [-0.2, 0) is 0 Å². The van der Waals surface area contributed by atoms with E-state index in [1.54, 1.807) is 0 Å². The van der Waals surface area contributed by atoms with Crippen LogP contribution in [0.1, 0.15) is 46.0 Å². The third kappa shape index (κ3) is 3.96. The number of nitrogens with one attached hydrogen (secondary N) is 1. The van der Waals surface area contributed by atoms with Crippen LogP contribution in [0.5, 0.6) is 0 Å². The molecule has 0 aromatic heterocycles. The molecular weight excluding hydrogens is 208 g/mol. The van der Waals surface area contributed by atoms with E-state index in [2.05, 4.69) is 31.1 Å². The van der Waals surface area contributed by atoms with Gasteiger partial charge in [-0.2, -0.15) is 0 Å². The lowest BCUT2D eigenvalue weighted by atomic mass is 9.80. The molecule has 0 radical (unpaired) electrons. The van der Waals surface area contributed by atoms with Gasteiger partial charge in [0, 0.05) is 12.6 Å². The Labute approximate surface area is 107 Å². The van der Waals surface area contributed by atoms with Gasteiger partial charge in [0.1, 0.15) is 0 Å². The summed E-state index contributed by atoms with van der Waals surface area (Å²) in [5.41, 5.74) is 0. The molecule has 2 rings (SSSR count). The third-order valence-electron chi connectivity index (χ3n) is 4.85. The molecule has 1 heterocycles. The molecule has 4 atom stereocenters. The van der Waals surface area contributed by atoms with E-state index in [4.69, 9.17) is 0 Å². The van der Waals surface area contributed by atoms with Crippen LogP contribution in [0.4, 0.5) is 0 Å². The molecule has 1 saturated heterocycles. The molecular formula is C15H30N2. The van der Waals surface area contributed by atoms with Crippen molar-refractivity contribution < 1.29 is 0 Å². The highest BCUT2D eigenvalue weighted by Gasteiger charge is 2.26. The van der Waals surface area contributed by atoms with Gasteiger partial charge in [-0.1, -0.05) is 20.3 Å². The summed E-state index contributed by atoms with van der Waals surface area (Å²) < 4.78 is 0. The summed E-state index contributed by atoms with van der Waals surface area (Å²) in [6, 6.07) is 0.783. The Bertz CT molecular complexity index is 229. The standard InChI is InChI=1S/C15H30N2/c1-12-6-7-13(2)15(9-12)16-10-14-5-4-8-17(3)11-14/h12-16H,4-11H2,1-3H3. The van der Waals surface area contributed by atoms with Crippen LogP contribution >= 0.6 is 0 Å². The van der Waals surface area contributed by atoms with E-state index in [0.717, 1.165) is 23.8 Å². The van der Waals surface area contributed by atoms with Gasteiger partial charge in [0.2, 0.25) is 0 Å². The summed E-state index contributed by atoms with van der Waals surface area (Å²) in [5, 5.41) is 3.87. The van der Waals surface area contributed by atoms with Gasteiger partial charge < -0.3 is 10.2 Å². The summed E-state index contributed by atoms with van der Waals surface area (Å²) >= 11 is 0. The van der Waals surface area contributed by atoms with Gasteiger partial charge in [0.15, 0.2) is 0 Å². The molecule has 0 amide bonds. The average molecular weight is 238 g/mol. The SMILES string of the molecule is CC1CCC(C)C(NCC2CCCN(C)C2)C1. The Kier molecular flexibility index (Phi) is 4.87. The fourth-order valence-electron chi connectivity index (χ4n) is 3.57. The highest BCUT2D eigenvalue weighted by molar-refractivity contribution is 4.83. The van der Waals surface area contributed by atoms with Crippen molar-refractivity contribution in [1.82, 2.24) is 10.2 Å². The summed E-state index contributed by atoms with van der Waals surface area (Å²) in [6.45, 7) is 8.68. The quantitative estimate of drug-likeness (QED) is 0.813. The number of hydrogen-bond acceptors (Lipinski definition) is 2. The van der Waals surface area contributed by atoms with Crippen LogP contribution in [0.25, 0.3) is 0 Å². The normalized spacial score (nSPS) is 40.4. The molecule has 2 fully saturated rings. The van der Waals surface area contributed by atoms with Crippen molar-refractivity contribution in [2.45, 2.75) is 52.0 Å². The number of likely N-dealkylation sites (tertiary alicyclic amines) is 1. The van der Waals surface area contributed by atoms with E-state index in [1.165, 1.54) is 51.7 Å². The molecule has 17 heavy (non-hydrogen) atoms. The van der Waals surface area contributed by atoms with E-state index >= 15 is 0 Å². The highest BCUT2D eigenvalue weighted by Crippen LogP contribution is 2.28. The van der Waals surface area contributed by atoms with E-state index in [1.807, 2.05) is 0 Å². The molecule has 2 heteroatoms. The molecule has 1 N–H and O–H groups in total. The smallest absolute Gasteiger partial charge is 0.00953 e. The molecule has 0 bridgehead atoms. The summed E-state index contributed by atoms with van der Waals surface area (Å²) in [5.74, 6) is 2.70. The van der Waals surface area contributed by atoms with Crippen LogP contribution in [0, 0.1) is 17.8 Å². The van der Waals surface area contributed by atoms with Gasteiger partial charge in [0.05, 0.1) is 0 Å². The molecule has 1 aliphatic heterocycles. The van der Waals surface area contributed by atoms with Gasteiger partial charge in [0.25, 0.3) is 0 Å². The first kappa shape index (κ1) is 13.4. The zero-order valence-electron chi connectivity index (χ0n) is 11.9. The van der Waals surface area contributed by atoms with E-state index in [9.17, 15) is 0 Å². The zero-order chi connectivity index (χ0) is 12.3. The Hall–Kier alpha value is -0.0800. The van der Waals surface area contributed by atoms with Gasteiger partial charge in [-0.05, 0) is 63.6 Å². The molecule has 2 nitrogen and oxygen atoms in total. The van der Waals surface area contributed by atoms with Crippen LogP contribution in [-0.4, -0.2) is 37.6 Å². The minimum Gasteiger partial charge on any atom is -0.313 e. The van der Waals surface area contributed by atoms with Crippen molar-refractivity contribution in [2.24, 2.45) is 17.8 Å². The monoisotopic (exact) mass is 238 g/mol. The molecule has 4 unspecified atom stereocenters. The predicted octanol–water partition coefficient (Wildman–Crippen LogP) is 2.74. The maximum Gasteiger partial charge on any atom is 0.00953 e. The first-order valence-corrected chi connectivity index (χ1v) is 7.57. The Morgan fingerprint density at radius 1 is 1.18 bits per heavy atom. The second-order valence-electron chi connectivity index (χ2n) is 6.68. The Balaban J connectivity index is 1.72. The van der Waals surface area contributed by atoms with Crippen molar-refractivity contribution >= 4 is 0 Å². The molecule has 0 spiro atoms. The maximum atomic E-state index is 3.87. The Morgan fingerprint density at radius 3 is 2.76 bits per heavy atom. The number of hydrogen-bond donors (Lipinski definition) is 1. The van der Waals surface area contributed by atoms with Crippen molar-refractivity contribution in [3.05, 3.63) is 0 Å². The fraction of sp³-hybridized carbons (Fsp3) is 1.00. The first-order valence-electron chi connectivity index (χ1n) is 7.57. The van der Waals surface area contributed by atoms with E-state index in [0.29, 0.717) is 0 Å². The fourth-order valence-corrected chi connectivity index (χ4v) is 3.57. The van der Waals surface area contributed by atoms with Crippen LogP contribution in [0.2, 0.25) is 0 Å². The van der Waals surface area contributed by atoms with Crippen LogP contribution in [0.15, 0.2) is 0 Å². The predicted molar refractivity (Wildman–Crippen MR) is 74.2 cm³/mol. The number of nitrogens with zero attached hydrogens (tertiary/aromatic N) is 1. The van der Waals surface area contributed by atoms with Gasteiger partial charge in [-0.3, -0.25) is 0 Å². The minimum absolute atomic E-state index is 0.783. The Morgan fingerprint density at radius 2 is 2.00 bits per heavy atom. The molecule has 0 aromatic rings. The lowest BCUT2D eigenvalue weighted by Gasteiger charge is -2.36. The van der Waals surface area contributed by atoms with Gasteiger partial charge in [-0.25, -0.2) is 0 Å². The van der Waals surface area contributed by atoms with E-state index < -0.39 is 0 Å². The summed E-state index contributed by atoms with van der Waals surface area (Å²) in [4.78, 5) is 2.49. The van der Waals surface area contributed by atoms with Crippen molar-refractivity contribution in [3.8, 4) is 0 Å². The maximum absolute atomic E-state index is 3.87. The van der Waals surface area contributed by atoms with Crippen molar-refractivity contribution in [2.75, 3.05) is 26.7 Å². The van der Waals surface area contributed by atoms with Crippen molar-refractivity contribution in [1.29, 1.82) is 0 Å². The minimum atomic E-state index is 0.783. The zero-order valence-corrected chi connectivity index (χ0v) is 11.9. The first-order chi connectivity index (χ1) is 8.15. The van der Waals surface area contributed by atoms with E-state index in [-0.39, 0.29) is 0 Å². The lowest BCUT2D eigenvalue weighted by Crippen LogP contribution is -2.44. The summed E-state index contributed by atoms with van der Waals surface area (Å²) in [7, 11) is 2.26. The topological polar surface area (TPSA) is 15.3 Å². The molecule has 2 aliphatic rings. The van der Waals surface area contributed by atoms with Gasteiger partial charge >= 0.3 is 0 Å². The average Bonchev–Trinajstić information content (AvgIpc) is 2.30. The van der Waals surface area contributed by atoms with Crippen molar-refractivity contribution in [3.63, 3.8) is 0 Å². The van der Waals surface area contributed by atoms with Crippen LogP contribution < -0.4 is 5.32 Å². The van der Waals surface area contributed by atoms with Gasteiger partial charge in [-0.15, -0.1) is 0 Å². The number of piperidine rings is 1. The number of rotatable bonds is 3. The molecule has 0 aromatic carbocycles. The largest absolute Gasteiger partial charge is 0.313 e. The summed E-state index contributed by atoms with van der Waals surface area (Å²) in [6.07, 6.45) is 7.06. The van der Waals surface area contributed by atoms with Crippen LogP contribution in [0.3, 0.4) is 0 Å². The lowest BCUT2D eigenvalue weighted by molar-refractivity contribution is 0.179. The molecule has 100 valence electrons. The molecule has 1 saturated carbocycles. The molecule has 1 aliphatic carbocycles. The second kappa shape index (κ2) is 6.19. The third-order valence-corrected chi connectivity index (χ3v) is 4.85. The highest BCUT2D eigenvalue weighted by atomic mass is 15.1. The second-order valence-corrected chi connectivity index (χ2v) is 6.68.